The van der Waals surface area contributed by atoms with Gasteiger partial charge in [0, 0.05) is 65.9 Å². The number of fused-ring (bicyclic) bond motifs is 1. The average Bonchev–Trinajstić information content (AvgIpc) is 3.93. The van der Waals surface area contributed by atoms with Gasteiger partial charge in [-0.25, -0.2) is 9.97 Å². The summed E-state index contributed by atoms with van der Waals surface area (Å²) in [4.78, 5) is 14.7. The van der Waals surface area contributed by atoms with Gasteiger partial charge in [0.1, 0.15) is 5.82 Å². The van der Waals surface area contributed by atoms with E-state index in [0.717, 1.165) is 70.5 Å². The number of pyridine rings is 1. The molecule has 3 heterocycles. The number of aliphatic hydroxyl groups is 2. The van der Waals surface area contributed by atoms with Crippen LogP contribution >= 0.6 is 0 Å². The van der Waals surface area contributed by atoms with E-state index < -0.39 is 12.2 Å². The Morgan fingerprint density at radius 2 is 1.79 bits per heavy atom. The zero-order valence-corrected chi connectivity index (χ0v) is 23.9. The predicted octanol–water partition coefficient (Wildman–Crippen LogP) is 5.09. The molecule has 0 amide bonds. The molecule has 4 N–H and O–H groups in total. The van der Waals surface area contributed by atoms with E-state index in [1.807, 2.05) is 61.8 Å². The second-order valence-electron chi connectivity index (χ2n) is 11.7. The predicted molar refractivity (Wildman–Crippen MR) is 164 cm³/mol. The van der Waals surface area contributed by atoms with Crippen LogP contribution < -0.4 is 5.73 Å². The van der Waals surface area contributed by atoms with Gasteiger partial charge in [-0.1, -0.05) is 42.5 Å². The molecule has 0 spiro atoms. The number of benzene rings is 2. The summed E-state index contributed by atoms with van der Waals surface area (Å²) >= 11 is 0. The van der Waals surface area contributed by atoms with Crippen LogP contribution in [0.4, 0.5) is 5.69 Å². The number of hydrogen-bond acceptors (Lipinski definition) is 7. The molecule has 2 saturated carbocycles. The van der Waals surface area contributed by atoms with Gasteiger partial charge >= 0.3 is 0 Å². The summed E-state index contributed by atoms with van der Waals surface area (Å²) in [5, 5.41) is 27.3. The molecular formula is C33H35N7O2. The van der Waals surface area contributed by atoms with E-state index in [9.17, 15) is 10.2 Å². The number of nitrogens with zero attached hydrogens (tertiary/aromatic N) is 6. The lowest BCUT2D eigenvalue weighted by atomic mass is 10.0. The van der Waals surface area contributed by atoms with Crippen molar-refractivity contribution in [1.82, 2.24) is 24.3 Å². The Bertz CT molecular complexity index is 1800. The number of aliphatic imine (C=N–C) groups is 1. The Hall–Kier alpha value is -4.34. The van der Waals surface area contributed by atoms with E-state index in [1.165, 1.54) is 0 Å². The lowest BCUT2D eigenvalue weighted by molar-refractivity contribution is 0.150. The number of aryl methyl sites for hydroxylation is 1. The molecule has 2 atom stereocenters. The highest BCUT2D eigenvalue weighted by Crippen LogP contribution is 2.48. The van der Waals surface area contributed by atoms with Gasteiger partial charge in [0.05, 0.1) is 30.1 Å². The van der Waals surface area contributed by atoms with E-state index in [1.54, 1.807) is 10.9 Å². The van der Waals surface area contributed by atoms with Gasteiger partial charge in [-0.2, -0.15) is 5.10 Å². The summed E-state index contributed by atoms with van der Waals surface area (Å²) in [5.41, 5.74) is 13.7. The minimum Gasteiger partial charge on any atom is -0.398 e. The minimum absolute atomic E-state index is 0.211. The number of nitrogens with two attached hydrogens (primary N) is 1. The normalized spacial score (nSPS) is 16.9. The highest BCUT2D eigenvalue weighted by atomic mass is 16.3. The van der Waals surface area contributed by atoms with Crippen molar-refractivity contribution in [3.63, 3.8) is 0 Å². The van der Waals surface area contributed by atoms with Crippen LogP contribution in [0.5, 0.6) is 0 Å². The number of aliphatic hydroxyl groups excluding tert-OH is 2. The van der Waals surface area contributed by atoms with Crippen LogP contribution in [0.1, 0.15) is 66.3 Å². The summed E-state index contributed by atoms with van der Waals surface area (Å²) < 4.78 is 3.92. The maximum atomic E-state index is 11.3. The SMILES string of the molecule is Cn1cc2cc(-c3nc(-c4cccc(N)c4C=NC[C@H](O)c4ccccc4)c(C4CC4)n3C)c(C(O)C3CC3)nc2n1. The monoisotopic (exact) mass is 561 g/mol. The zero-order valence-electron chi connectivity index (χ0n) is 23.9. The summed E-state index contributed by atoms with van der Waals surface area (Å²) in [7, 11) is 3.93. The van der Waals surface area contributed by atoms with E-state index in [4.69, 9.17) is 15.7 Å². The van der Waals surface area contributed by atoms with Crippen LogP contribution in [0.2, 0.25) is 0 Å². The number of hydrogen-bond donors (Lipinski definition) is 3. The molecule has 0 saturated heterocycles. The molecule has 3 aromatic heterocycles. The molecule has 1 unspecified atom stereocenters. The minimum atomic E-state index is -0.703. The topological polar surface area (TPSA) is 127 Å². The third kappa shape index (κ3) is 4.88. The van der Waals surface area contributed by atoms with Gasteiger partial charge in [-0.05, 0) is 49.3 Å². The molecule has 0 bridgehead atoms. The Balaban J connectivity index is 1.33. The number of nitrogen functional groups attached to an aromatic ring is 1. The second-order valence-corrected chi connectivity index (χ2v) is 11.7. The van der Waals surface area contributed by atoms with Crippen molar-refractivity contribution >= 4 is 22.9 Å². The standard InChI is InChI=1S/C33H35N7O2/c1-39-18-22-15-24(29(36-32(22)38-39)31(42)21-13-14-21)33-37-28(30(40(33)2)20-11-12-20)23-9-6-10-26(34)25(23)16-35-17-27(41)19-7-4-3-5-8-19/h3-10,15-16,18,20-21,27,31,41-42H,11-14,17,34H2,1-2H3/t27-,31?/m0/s1. The highest BCUT2D eigenvalue weighted by molar-refractivity contribution is 5.96. The Kier molecular flexibility index (Phi) is 6.63. The average molecular weight is 562 g/mol. The lowest BCUT2D eigenvalue weighted by Crippen LogP contribution is -2.08. The molecule has 9 nitrogen and oxygen atoms in total. The van der Waals surface area contributed by atoms with Crippen molar-refractivity contribution in [2.75, 3.05) is 12.3 Å². The van der Waals surface area contributed by atoms with E-state index in [2.05, 4.69) is 27.8 Å². The first-order valence-corrected chi connectivity index (χ1v) is 14.6. The van der Waals surface area contributed by atoms with Gasteiger partial charge in [0.15, 0.2) is 5.65 Å². The van der Waals surface area contributed by atoms with Crippen molar-refractivity contribution in [1.29, 1.82) is 0 Å². The first-order valence-electron chi connectivity index (χ1n) is 14.6. The number of anilines is 1. The molecule has 5 aromatic rings. The number of imidazole rings is 1. The molecule has 9 heteroatoms. The highest BCUT2D eigenvalue weighted by Gasteiger charge is 2.37. The van der Waals surface area contributed by atoms with Crippen LogP contribution in [0.3, 0.4) is 0 Å². The molecule has 7 rings (SSSR count). The van der Waals surface area contributed by atoms with Gasteiger partial charge in [-0.3, -0.25) is 9.67 Å². The largest absolute Gasteiger partial charge is 0.398 e. The van der Waals surface area contributed by atoms with Crippen LogP contribution in [-0.2, 0) is 14.1 Å². The van der Waals surface area contributed by atoms with E-state index >= 15 is 0 Å². The fourth-order valence-electron chi connectivity index (χ4n) is 5.86. The first-order chi connectivity index (χ1) is 20.4. The molecular weight excluding hydrogens is 526 g/mol. The van der Waals surface area contributed by atoms with Gasteiger partial charge < -0.3 is 20.5 Å². The summed E-state index contributed by atoms with van der Waals surface area (Å²) in [6, 6.07) is 17.4. The van der Waals surface area contributed by atoms with Gasteiger partial charge in [0.25, 0.3) is 0 Å². The fraction of sp³-hybridized carbons (Fsp3) is 0.333. The van der Waals surface area contributed by atoms with Crippen molar-refractivity contribution < 1.29 is 10.2 Å². The molecule has 42 heavy (non-hydrogen) atoms. The van der Waals surface area contributed by atoms with Crippen molar-refractivity contribution in [2.45, 2.75) is 43.8 Å². The summed E-state index contributed by atoms with van der Waals surface area (Å²) in [6.07, 6.45) is 6.51. The molecule has 2 aliphatic rings. The van der Waals surface area contributed by atoms with Crippen molar-refractivity contribution in [3.05, 3.63) is 83.3 Å². The molecule has 0 aliphatic heterocycles. The molecule has 2 aromatic carbocycles. The number of rotatable bonds is 9. The third-order valence-corrected chi connectivity index (χ3v) is 8.41. The van der Waals surface area contributed by atoms with Crippen LogP contribution in [0, 0.1) is 5.92 Å². The first kappa shape index (κ1) is 26.6. The van der Waals surface area contributed by atoms with Crippen molar-refractivity contribution in [2.24, 2.45) is 25.0 Å². The summed E-state index contributed by atoms with van der Waals surface area (Å²) in [6.45, 7) is 0.222. The van der Waals surface area contributed by atoms with Crippen LogP contribution in [0.15, 0.2) is 65.8 Å². The second kappa shape index (κ2) is 10.5. The van der Waals surface area contributed by atoms with Gasteiger partial charge in [-0.15, -0.1) is 0 Å². The van der Waals surface area contributed by atoms with Gasteiger partial charge in [0.2, 0.25) is 0 Å². The van der Waals surface area contributed by atoms with E-state index in [0.29, 0.717) is 22.9 Å². The van der Waals surface area contributed by atoms with Crippen LogP contribution in [-0.4, -0.2) is 47.3 Å². The number of aromatic nitrogens is 5. The van der Waals surface area contributed by atoms with Crippen LogP contribution in [0.25, 0.3) is 33.7 Å². The van der Waals surface area contributed by atoms with E-state index in [-0.39, 0.29) is 12.5 Å². The van der Waals surface area contributed by atoms with Crippen molar-refractivity contribution in [3.8, 4) is 22.6 Å². The fourth-order valence-corrected chi connectivity index (χ4v) is 5.86. The quantitative estimate of drug-likeness (QED) is 0.170. The molecule has 0 radical (unpaired) electrons. The molecule has 2 fully saturated rings. The lowest BCUT2D eigenvalue weighted by Gasteiger charge is -2.14. The zero-order chi connectivity index (χ0) is 29.0. The smallest absolute Gasteiger partial charge is 0.181 e. The Morgan fingerprint density at radius 3 is 2.52 bits per heavy atom. The Morgan fingerprint density at radius 1 is 1.00 bits per heavy atom. The molecule has 2 aliphatic carbocycles. The summed E-state index contributed by atoms with van der Waals surface area (Å²) in [5.74, 6) is 1.37. The maximum absolute atomic E-state index is 11.3. The third-order valence-electron chi connectivity index (χ3n) is 8.41. The molecule has 214 valence electrons. The maximum Gasteiger partial charge on any atom is 0.181 e. The Labute approximate surface area is 244 Å².